The lowest BCUT2D eigenvalue weighted by Crippen LogP contribution is -2.18. The first-order valence-electron chi connectivity index (χ1n) is 6.27. The van der Waals surface area contributed by atoms with Gasteiger partial charge in [-0.15, -0.1) is 11.8 Å². The lowest BCUT2D eigenvalue weighted by atomic mass is 10.1. The molecule has 1 aliphatic carbocycles. The van der Waals surface area contributed by atoms with Crippen molar-refractivity contribution >= 4 is 22.5 Å². The summed E-state index contributed by atoms with van der Waals surface area (Å²) in [6.07, 6.45) is 2.75. The van der Waals surface area contributed by atoms with Crippen molar-refractivity contribution in [3.05, 3.63) is 42.5 Å². The molecule has 1 aliphatic rings. The van der Waals surface area contributed by atoms with E-state index in [4.69, 9.17) is 0 Å². The van der Waals surface area contributed by atoms with E-state index in [0.717, 1.165) is 18.3 Å². The molecular weight excluding hydrogens is 226 g/mol. The molecule has 2 aromatic rings. The molecule has 3 rings (SSSR count). The molecule has 2 aromatic carbocycles. The summed E-state index contributed by atoms with van der Waals surface area (Å²) in [5, 5.41) is 6.21. The van der Waals surface area contributed by atoms with Crippen molar-refractivity contribution in [1.29, 1.82) is 0 Å². The van der Waals surface area contributed by atoms with Crippen molar-refractivity contribution in [2.24, 2.45) is 0 Å². The molecular formula is C15H17NS. The predicted molar refractivity (Wildman–Crippen MR) is 75.7 cm³/mol. The Morgan fingerprint density at radius 2 is 1.88 bits per heavy atom. The first-order valence-corrected chi connectivity index (χ1v) is 7.25. The zero-order valence-corrected chi connectivity index (χ0v) is 10.7. The topological polar surface area (TPSA) is 12.0 Å². The van der Waals surface area contributed by atoms with E-state index in [1.54, 1.807) is 0 Å². The monoisotopic (exact) mass is 243 g/mol. The van der Waals surface area contributed by atoms with Crippen molar-refractivity contribution < 1.29 is 0 Å². The van der Waals surface area contributed by atoms with Crippen LogP contribution in [0.3, 0.4) is 0 Å². The molecule has 88 valence electrons. The van der Waals surface area contributed by atoms with Gasteiger partial charge in [-0.25, -0.2) is 0 Å². The molecule has 2 heteroatoms. The fraction of sp³-hybridized carbons (Fsp3) is 0.333. The molecule has 0 radical (unpaired) electrons. The maximum atomic E-state index is 3.54. The van der Waals surface area contributed by atoms with Crippen LogP contribution >= 0.6 is 11.8 Å². The van der Waals surface area contributed by atoms with E-state index >= 15 is 0 Å². The summed E-state index contributed by atoms with van der Waals surface area (Å²) in [6.45, 7) is 1.13. The molecule has 0 aromatic heterocycles. The lowest BCUT2D eigenvalue weighted by molar-refractivity contribution is 0.726. The Morgan fingerprint density at radius 1 is 1.06 bits per heavy atom. The van der Waals surface area contributed by atoms with Crippen LogP contribution in [0, 0.1) is 0 Å². The zero-order valence-electron chi connectivity index (χ0n) is 9.86. The second-order valence-corrected chi connectivity index (χ2v) is 5.75. The van der Waals surface area contributed by atoms with Gasteiger partial charge < -0.3 is 5.32 Å². The van der Waals surface area contributed by atoms with Crippen LogP contribution in [-0.4, -0.2) is 18.3 Å². The summed E-state index contributed by atoms with van der Waals surface area (Å²) in [7, 11) is 0. The minimum absolute atomic E-state index is 0.826. The van der Waals surface area contributed by atoms with Crippen molar-refractivity contribution in [1.82, 2.24) is 5.32 Å². The third kappa shape index (κ3) is 3.02. The van der Waals surface area contributed by atoms with Crippen molar-refractivity contribution in [3.8, 4) is 0 Å². The first kappa shape index (κ1) is 11.1. The van der Waals surface area contributed by atoms with E-state index in [1.165, 1.54) is 28.5 Å². The van der Waals surface area contributed by atoms with E-state index in [1.807, 2.05) is 11.8 Å². The minimum Gasteiger partial charge on any atom is -0.313 e. The van der Waals surface area contributed by atoms with Gasteiger partial charge in [-0.3, -0.25) is 0 Å². The van der Waals surface area contributed by atoms with Crippen LogP contribution in [0.25, 0.3) is 10.8 Å². The number of nitrogens with one attached hydrogen (secondary N) is 1. The Kier molecular flexibility index (Phi) is 3.34. The third-order valence-electron chi connectivity index (χ3n) is 3.10. The number of fused-ring (bicyclic) bond motifs is 1. The van der Waals surface area contributed by atoms with Crippen molar-refractivity contribution in [3.63, 3.8) is 0 Å². The first-order chi connectivity index (χ1) is 8.42. The fourth-order valence-corrected chi connectivity index (χ4v) is 2.81. The van der Waals surface area contributed by atoms with E-state index in [-0.39, 0.29) is 0 Å². The molecule has 17 heavy (non-hydrogen) atoms. The number of hydrogen-bond acceptors (Lipinski definition) is 2. The number of rotatable bonds is 5. The van der Waals surface area contributed by atoms with Crippen LogP contribution < -0.4 is 5.32 Å². The molecule has 1 nitrogen and oxygen atoms in total. The molecule has 0 amide bonds. The highest BCUT2D eigenvalue weighted by Crippen LogP contribution is 2.24. The highest BCUT2D eigenvalue weighted by Gasteiger charge is 2.19. The quantitative estimate of drug-likeness (QED) is 0.635. The average Bonchev–Trinajstić information content (AvgIpc) is 3.18. The van der Waals surface area contributed by atoms with Crippen LogP contribution in [0.4, 0.5) is 0 Å². The molecule has 1 N–H and O–H groups in total. The summed E-state index contributed by atoms with van der Waals surface area (Å²) in [5.41, 5.74) is 0. The molecule has 0 aliphatic heterocycles. The molecule has 0 atom stereocenters. The van der Waals surface area contributed by atoms with Gasteiger partial charge in [0.1, 0.15) is 0 Å². The van der Waals surface area contributed by atoms with Gasteiger partial charge in [0, 0.05) is 23.2 Å². The summed E-state index contributed by atoms with van der Waals surface area (Å²) >= 11 is 1.94. The highest BCUT2D eigenvalue weighted by atomic mass is 32.2. The van der Waals surface area contributed by atoms with Crippen molar-refractivity contribution in [2.45, 2.75) is 23.8 Å². The Bertz CT molecular complexity index is 505. The molecule has 0 saturated heterocycles. The van der Waals surface area contributed by atoms with E-state index in [0.29, 0.717) is 0 Å². The van der Waals surface area contributed by atoms with Gasteiger partial charge in [0.2, 0.25) is 0 Å². The number of thioether (sulfide) groups is 1. The summed E-state index contributed by atoms with van der Waals surface area (Å²) in [6, 6.07) is 16.1. The largest absolute Gasteiger partial charge is 0.313 e. The lowest BCUT2D eigenvalue weighted by Gasteiger charge is -2.04. The van der Waals surface area contributed by atoms with Crippen LogP contribution in [0.15, 0.2) is 47.4 Å². The van der Waals surface area contributed by atoms with Crippen LogP contribution in [0.2, 0.25) is 0 Å². The van der Waals surface area contributed by atoms with Crippen LogP contribution in [0.1, 0.15) is 12.8 Å². The summed E-state index contributed by atoms with van der Waals surface area (Å²) in [4.78, 5) is 1.38. The SMILES string of the molecule is c1ccc2cc(SCCNC3CC3)ccc2c1. The fourth-order valence-electron chi connectivity index (χ4n) is 1.98. The zero-order chi connectivity index (χ0) is 11.5. The Hall–Kier alpha value is -0.990. The highest BCUT2D eigenvalue weighted by molar-refractivity contribution is 7.99. The standard InChI is InChI=1S/C15H17NS/c1-2-4-13-11-15(8-5-12(13)3-1)17-10-9-16-14-6-7-14/h1-5,8,11,14,16H,6-7,9-10H2. The van der Waals surface area contributed by atoms with Gasteiger partial charge in [0.05, 0.1) is 0 Å². The molecule has 0 spiro atoms. The Balaban J connectivity index is 1.59. The van der Waals surface area contributed by atoms with Crippen LogP contribution in [-0.2, 0) is 0 Å². The van der Waals surface area contributed by atoms with E-state index in [2.05, 4.69) is 47.8 Å². The molecule has 1 fully saturated rings. The number of hydrogen-bond donors (Lipinski definition) is 1. The molecule has 1 saturated carbocycles. The third-order valence-corrected chi connectivity index (χ3v) is 4.10. The molecule has 0 unspecified atom stereocenters. The van der Waals surface area contributed by atoms with Gasteiger partial charge in [-0.2, -0.15) is 0 Å². The average molecular weight is 243 g/mol. The van der Waals surface area contributed by atoms with Crippen molar-refractivity contribution in [2.75, 3.05) is 12.3 Å². The smallest absolute Gasteiger partial charge is 0.0106 e. The van der Waals surface area contributed by atoms with Crippen LogP contribution in [0.5, 0.6) is 0 Å². The number of benzene rings is 2. The second kappa shape index (κ2) is 5.11. The maximum absolute atomic E-state index is 3.54. The van der Waals surface area contributed by atoms with E-state index in [9.17, 15) is 0 Å². The Morgan fingerprint density at radius 3 is 2.71 bits per heavy atom. The predicted octanol–water partition coefficient (Wildman–Crippen LogP) is 3.68. The maximum Gasteiger partial charge on any atom is 0.0106 e. The molecule has 0 bridgehead atoms. The van der Waals surface area contributed by atoms with Gasteiger partial charge in [-0.1, -0.05) is 30.3 Å². The second-order valence-electron chi connectivity index (χ2n) is 4.59. The summed E-state index contributed by atoms with van der Waals surface area (Å²) in [5.74, 6) is 1.16. The molecule has 0 heterocycles. The van der Waals surface area contributed by atoms with Gasteiger partial charge in [0.25, 0.3) is 0 Å². The van der Waals surface area contributed by atoms with Gasteiger partial charge >= 0.3 is 0 Å². The van der Waals surface area contributed by atoms with E-state index < -0.39 is 0 Å². The van der Waals surface area contributed by atoms with Gasteiger partial charge in [-0.05, 0) is 35.7 Å². The normalized spacial score (nSPS) is 15.3. The minimum atomic E-state index is 0.826. The summed E-state index contributed by atoms with van der Waals surface area (Å²) < 4.78 is 0. The Labute approximate surface area is 107 Å². The van der Waals surface area contributed by atoms with Gasteiger partial charge in [0.15, 0.2) is 0 Å².